The van der Waals surface area contributed by atoms with E-state index < -0.39 is 15.6 Å². The number of anilines is 2. The minimum absolute atomic E-state index is 0.0537. The Morgan fingerprint density at radius 2 is 2.08 bits per heavy atom. The van der Waals surface area contributed by atoms with E-state index in [1.165, 1.54) is 19.5 Å². The first-order valence-corrected chi connectivity index (χ1v) is 14.0. The van der Waals surface area contributed by atoms with Crippen LogP contribution in [0.4, 0.5) is 11.6 Å². The van der Waals surface area contributed by atoms with Crippen LogP contribution < -0.4 is 14.9 Å². The molecular weight excluding hydrogens is 522 g/mol. The third-order valence-corrected chi connectivity index (χ3v) is 8.03. The third-order valence-electron chi connectivity index (χ3n) is 6.49. The summed E-state index contributed by atoms with van der Waals surface area (Å²) in [5, 5.41) is 8.39. The topological polar surface area (TPSA) is 154 Å². The number of sulfonamides is 1. The van der Waals surface area contributed by atoms with Crippen LogP contribution in [-0.2, 0) is 26.7 Å². The second-order valence-electron chi connectivity index (χ2n) is 9.74. The molecule has 37 heavy (non-hydrogen) atoms. The molecule has 0 amide bonds. The molecule has 1 aliphatic rings. The van der Waals surface area contributed by atoms with Crippen LogP contribution in [0.1, 0.15) is 32.0 Å². The van der Waals surface area contributed by atoms with Crippen LogP contribution in [0.25, 0.3) is 11.5 Å². The normalized spacial score (nSPS) is 19.0. The zero-order valence-corrected chi connectivity index (χ0v) is 23.1. The van der Waals surface area contributed by atoms with Crippen LogP contribution in [0.2, 0.25) is 5.02 Å². The van der Waals surface area contributed by atoms with Gasteiger partial charge in [-0.2, -0.15) is 0 Å². The van der Waals surface area contributed by atoms with Gasteiger partial charge in [-0.15, -0.1) is 10.2 Å². The van der Waals surface area contributed by atoms with Crippen molar-refractivity contribution in [1.82, 2.24) is 20.2 Å². The largest absolute Gasteiger partial charge is 0.449 e. The first-order chi connectivity index (χ1) is 17.4. The van der Waals surface area contributed by atoms with Crippen molar-refractivity contribution in [3.63, 3.8) is 0 Å². The Morgan fingerprint density at radius 3 is 2.68 bits per heavy atom. The molecule has 2 N–H and O–H groups in total. The lowest BCUT2D eigenvalue weighted by Crippen LogP contribution is -2.36. The zero-order chi connectivity index (χ0) is 27.0. The van der Waals surface area contributed by atoms with E-state index >= 15 is 0 Å². The van der Waals surface area contributed by atoms with Gasteiger partial charge in [0.15, 0.2) is 11.7 Å². The second-order valence-corrected chi connectivity index (χ2v) is 12.1. The molecular formula is C23H32ClN7O5S. The molecule has 0 spiro atoms. The van der Waals surface area contributed by atoms with Gasteiger partial charge in [-0.3, -0.25) is 4.31 Å². The smallest absolute Gasteiger partial charge is 0.249 e. The fourth-order valence-electron chi connectivity index (χ4n) is 3.92. The quantitative estimate of drug-likeness (QED) is 0.352. The minimum Gasteiger partial charge on any atom is -0.449 e. The third kappa shape index (κ3) is 6.22. The number of aromatic nitrogens is 4. The van der Waals surface area contributed by atoms with E-state index in [1.807, 2.05) is 0 Å². The number of rotatable bonds is 12. The highest BCUT2D eigenvalue weighted by atomic mass is 35.5. The van der Waals surface area contributed by atoms with Gasteiger partial charge in [0.1, 0.15) is 17.6 Å². The van der Waals surface area contributed by atoms with Gasteiger partial charge >= 0.3 is 0 Å². The maximum atomic E-state index is 12.4. The summed E-state index contributed by atoms with van der Waals surface area (Å²) in [6.07, 6.45) is 5.41. The van der Waals surface area contributed by atoms with Gasteiger partial charge in [0.05, 0.1) is 36.1 Å². The number of hydrogen-bond acceptors (Lipinski definition) is 11. The highest BCUT2D eigenvalue weighted by molar-refractivity contribution is 7.92. The Balaban J connectivity index is 1.77. The number of pyridine rings is 1. The molecule has 0 unspecified atom stereocenters. The molecule has 0 bridgehead atoms. The molecule has 3 atom stereocenters. The van der Waals surface area contributed by atoms with E-state index in [1.54, 1.807) is 20.1 Å². The number of oxazole rings is 1. The molecule has 1 saturated carbocycles. The highest BCUT2D eigenvalue weighted by Gasteiger charge is 2.35. The van der Waals surface area contributed by atoms with Crippen LogP contribution in [0.3, 0.4) is 0 Å². The van der Waals surface area contributed by atoms with Crippen molar-refractivity contribution in [2.45, 2.75) is 32.2 Å². The number of nitrogens with two attached hydrogens (primary N) is 1. The molecule has 3 aromatic heterocycles. The zero-order valence-electron chi connectivity index (χ0n) is 21.5. The summed E-state index contributed by atoms with van der Waals surface area (Å²) in [5.74, 6) is 2.36. The van der Waals surface area contributed by atoms with Crippen LogP contribution >= 0.6 is 11.6 Å². The summed E-state index contributed by atoms with van der Waals surface area (Å²) >= 11 is 6.71. The predicted molar refractivity (Wildman–Crippen MR) is 139 cm³/mol. The van der Waals surface area contributed by atoms with Crippen molar-refractivity contribution in [3.05, 3.63) is 35.3 Å². The first-order valence-electron chi connectivity index (χ1n) is 11.8. The fourth-order valence-corrected chi connectivity index (χ4v) is 4.72. The maximum absolute atomic E-state index is 12.4. The number of nitrogens with zero attached hydrogens (tertiary/aromatic N) is 6. The molecule has 1 fully saturated rings. The van der Waals surface area contributed by atoms with Gasteiger partial charge in [0.25, 0.3) is 0 Å². The van der Waals surface area contributed by atoms with Gasteiger partial charge in [0.2, 0.25) is 21.8 Å². The molecule has 14 heteroatoms. The van der Waals surface area contributed by atoms with Crippen LogP contribution in [0, 0.1) is 11.8 Å². The van der Waals surface area contributed by atoms with E-state index in [0.29, 0.717) is 42.3 Å². The summed E-state index contributed by atoms with van der Waals surface area (Å²) in [5.41, 5.74) is 5.72. The van der Waals surface area contributed by atoms with Gasteiger partial charge in [-0.05, 0) is 31.2 Å². The monoisotopic (exact) mass is 553 g/mol. The Labute approximate surface area is 221 Å². The van der Waals surface area contributed by atoms with E-state index in [9.17, 15) is 8.42 Å². The fraction of sp³-hybridized carbons (Fsp3) is 0.565. The molecule has 3 heterocycles. The predicted octanol–water partition coefficient (Wildman–Crippen LogP) is 2.69. The van der Waals surface area contributed by atoms with Crippen molar-refractivity contribution in [2.75, 3.05) is 49.3 Å². The molecule has 4 rings (SSSR count). The van der Waals surface area contributed by atoms with Crippen molar-refractivity contribution >= 4 is 33.3 Å². The lowest BCUT2D eigenvalue weighted by molar-refractivity contribution is 0.204. The minimum atomic E-state index is -3.66. The maximum Gasteiger partial charge on any atom is 0.249 e. The summed E-state index contributed by atoms with van der Waals surface area (Å²) in [4.78, 5) is 10.8. The summed E-state index contributed by atoms with van der Waals surface area (Å²) < 4.78 is 42.4. The van der Waals surface area contributed by atoms with E-state index in [0.717, 1.165) is 23.5 Å². The molecule has 202 valence electrons. The van der Waals surface area contributed by atoms with E-state index in [4.69, 9.17) is 30.9 Å². The average Bonchev–Trinajstić information content (AvgIpc) is 3.23. The van der Waals surface area contributed by atoms with Gasteiger partial charge < -0.3 is 24.2 Å². The van der Waals surface area contributed by atoms with Gasteiger partial charge in [-0.1, -0.05) is 18.5 Å². The van der Waals surface area contributed by atoms with Crippen molar-refractivity contribution in [2.24, 2.45) is 17.6 Å². The average molecular weight is 554 g/mol. The Kier molecular flexibility index (Phi) is 7.79. The number of ether oxygens (including phenoxy) is 1. The first kappa shape index (κ1) is 27.3. The SMILES string of the molecule is COCCN(C[C@H]1C[C@@H]1C)c1cc(-c2nnc([C@](C)(N)Cc3ncco3)o2)c(Cl)c(N(C)S(C)(=O)=O)n1. The van der Waals surface area contributed by atoms with Crippen LogP contribution in [0.5, 0.6) is 0 Å². The van der Waals surface area contributed by atoms with Crippen molar-refractivity contribution in [3.8, 4) is 11.5 Å². The second kappa shape index (κ2) is 10.6. The summed E-state index contributed by atoms with van der Waals surface area (Å²) in [7, 11) is -0.641. The van der Waals surface area contributed by atoms with Gasteiger partial charge in [0, 0.05) is 27.2 Å². The highest BCUT2D eigenvalue weighted by Crippen LogP contribution is 2.41. The Bertz CT molecular complexity index is 1330. The van der Waals surface area contributed by atoms with E-state index in [2.05, 4.69) is 32.0 Å². The summed E-state index contributed by atoms with van der Waals surface area (Å²) in [6.45, 7) is 5.69. The molecule has 12 nitrogen and oxygen atoms in total. The van der Waals surface area contributed by atoms with Crippen molar-refractivity contribution in [1.29, 1.82) is 0 Å². The Hall–Kier alpha value is -2.74. The number of hydrogen-bond donors (Lipinski definition) is 1. The molecule has 0 saturated heterocycles. The van der Waals surface area contributed by atoms with Crippen LogP contribution in [-0.4, -0.2) is 68.7 Å². The lowest BCUT2D eigenvalue weighted by atomic mass is 9.99. The van der Waals surface area contributed by atoms with Crippen LogP contribution in [0.15, 0.2) is 27.4 Å². The molecule has 3 aromatic rings. The number of halogens is 1. The molecule has 1 aliphatic carbocycles. The molecule has 0 radical (unpaired) electrons. The van der Waals surface area contributed by atoms with E-state index in [-0.39, 0.29) is 29.0 Å². The Morgan fingerprint density at radius 1 is 1.35 bits per heavy atom. The van der Waals surface area contributed by atoms with Gasteiger partial charge in [-0.25, -0.2) is 18.4 Å². The molecule has 0 aromatic carbocycles. The standard InChI is InChI=1S/C23H32ClN7O5S/c1-14-10-15(14)13-31(7-9-34-4)17-11-16(19(24)20(27-17)30(3)37(5,32)33)21-28-29-22(36-21)23(2,25)12-18-26-6-8-35-18/h6,8,11,14-15H,7,9-10,12-13,25H2,1-5H3/t14-,15+,23+/m0/s1. The lowest BCUT2D eigenvalue weighted by Gasteiger charge is -2.26. The molecule has 0 aliphatic heterocycles. The van der Waals surface area contributed by atoms with Crippen molar-refractivity contribution < 1.29 is 22.0 Å². The summed E-state index contributed by atoms with van der Waals surface area (Å²) in [6, 6.07) is 1.73. The number of methoxy groups -OCH3 is 1.